The summed E-state index contributed by atoms with van der Waals surface area (Å²) in [5.41, 5.74) is 5.15. The van der Waals surface area contributed by atoms with Crippen LogP contribution in [0.15, 0.2) is 38.0 Å². The zero-order chi connectivity index (χ0) is 13.9. The molecule has 0 spiro atoms. The van der Waals surface area contributed by atoms with Crippen LogP contribution >= 0.6 is 0 Å². The second kappa shape index (κ2) is 9.58. The predicted octanol–water partition coefficient (Wildman–Crippen LogP) is 0.818. The number of esters is 1. The van der Waals surface area contributed by atoms with E-state index in [1.54, 1.807) is 12.2 Å². The van der Waals surface area contributed by atoms with E-state index in [0.717, 1.165) is 6.08 Å². The lowest BCUT2D eigenvalue weighted by Gasteiger charge is -2.28. The topological polar surface area (TPSA) is 70.8 Å². The highest BCUT2D eigenvalue weighted by Gasteiger charge is 2.27. The van der Waals surface area contributed by atoms with Crippen molar-refractivity contribution in [1.29, 1.82) is 0 Å². The van der Waals surface area contributed by atoms with Crippen molar-refractivity contribution in [1.82, 2.24) is 0 Å². The molecular formula is C13H21NO4. The third kappa shape index (κ3) is 7.78. The van der Waals surface area contributed by atoms with Gasteiger partial charge in [-0.25, -0.2) is 4.79 Å². The lowest BCUT2D eigenvalue weighted by Crippen LogP contribution is -2.53. The molecule has 0 aliphatic rings. The SMILES string of the molecule is C=CCOCC(N)(COCC=C)COC(=O)C=C. The highest BCUT2D eigenvalue weighted by molar-refractivity contribution is 5.81. The Kier molecular flexibility index (Phi) is 8.82. The van der Waals surface area contributed by atoms with Gasteiger partial charge in [0.1, 0.15) is 6.61 Å². The second-order valence-electron chi connectivity index (χ2n) is 3.78. The molecule has 0 bridgehead atoms. The molecule has 0 rings (SSSR count). The van der Waals surface area contributed by atoms with Gasteiger partial charge in [-0.05, 0) is 0 Å². The molecule has 0 heterocycles. The number of nitrogens with two attached hydrogens (primary N) is 1. The largest absolute Gasteiger partial charge is 0.460 e. The molecule has 18 heavy (non-hydrogen) atoms. The summed E-state index contributed by atoms with van der Waals surface area (Å²) < 4.78 is 15.5. The molecule has 0 aromatic carbocycles. The lowest BCUT2D eigenvalue weighted by molar-refractivity contribution is -0.141. The molecule has 0 amide bonds. The van der Waals surface area contributed by atoms with Gasteiger partial charge in [-0.15, -0.1) is 13.2 Å². The Morgan fingerprint density at radius 2 is 1.56 bits per heavy atom. The van der Waals surface area contributed by atoms with Crippen LogP contribution in [0.1, 0.15) is 0 Å². The van der Waals surface area contributed by atoms with Crippen LogP contribution in [-0.4, -0.2) is 44.5 Å². The first-order valence-electron chi connectivity index (χ1n) is 5.53. The minimum Gasteiger partial charge on any atom is -0.460 e. The third-order valence-corrected chi connectivity index (χ3v) is 1.92. The molecule has 0 aliphatic carbocycles. The average Bonchev–Trinajstić information content (AvgIpc) is 2.37. The van der Waals surface area contributed by atoms with Crippen molar-refractivity contribution in [3.05, 3.63) is 38.0 Å². The van der Waals surface area contributed by atoms with Gasteiger partial charge in [-0.1, -0.05) is 18.7 Å². The molecule has 0 saturated heterocycles. The Morgan fingerprint density at radius 1 is 1.06 bits per heavy atom. The Hall–Kier alpha value is -1.43. The van der Waals surface area contributed by atoms with E-state index in [-0.39, 0.29) is 19.8 Å². The quantitative estimate of drug-likeness (QED) is 0.256. The molecule has 0 atom stereocenters. The summed E-state index contributed by atoms with van der Waals surface area (Å²) in [5, 5.41) is 0. The molecule has 0 radical (unpaired) electrons. The molecule has 0 aromatic heterocycles. The van der Waals surface area contributed by atoms with Crippen LogP contribution in [0.5, 0.6) is 0 Å². The van der Waals surface area contributed by atoms with Crippen LogP contribution in [0, 0.1) is 0 Å². The van der Waals surface area contributed by atoms with E-state index in [2.05, 4.69) is 19.7 Å². The second-order valence-corrected chi connectivity index (χ2v) is 3.78. The molecule has 2 N–H and O–H groups in total. The van der Waals surface area contributed by atoms with Crippen LogP contribution < -0.4 is 5.73 Å². The number of carbonyl (C=O) groups excluding carboxylic acids is 1. The average molecular weight is 255 g/mol. The molecular weight excluding hydrogens is 234 g/mol. The molecule has 0 fully saturated rings. The van der Waals surface area contributed by atoms with E-state index >= 15 is 0 Å². The summed E-state index contributed by atoms with van der Waals surface area (Å²) in [6.45, 7) is 11.5. The van der Waals surface area contributed by atoms with Gasteiger partial charge < -0.3 is 19.9 Å². The van der Waals surface area contributed by atoms with Crippen molar-refractivity contribution in [3.8, 4) is 0 Å². The van der Waals surface area contributed by atoms with Gasteiger partial charge in [0.2, 0.25) is 0 Å². The molecule has 0 aliphatic heterocycles. The minimum absolute atomic E-state index is 0.00780. The highest BCUT2D eigenvalue weighted by atomic mass is 16.5. The Morgan fingerprint density at radius 3 is 1.94 bits per heavy atom. The molecule has 102 valence electrons. The first kappa shape index (κ1) is 16.6. The maximum absolute atomic E-state index is 11.0. The van der Waals surface area contributed by atoms with Crippen molar-refractivity contribution in [2.45, 2.75) is 5.54 Å². The van der Waals surface area contributed by atoms with Crippen molar-refractivity contribution in [2.24, 2.45) is 5.73 Å². The third-order valence-electron chi connectivity index (χ3n) is 1.92. The monoisotopic (exact) mass is 255 g/mol. The van der Waals surface area contributed by atoms with Crippen molar-refractivity contribution in [3.63, 3.8) is 0 Å². The fourth-order valence-electron chi connectivity index (χ4n) is 1.09. The number of hydrogen-bond donors (Lipinski definition) is 1. The van der Waals surface area contributed by atoms with Gasteiger partial charge in [0.05, 0.1) is 32.0 Å². The van der Waals surface area contributed by atoms with E-state index in [1.807, 2.05) is 0 Å². The molecule has 0 unspecified atom stereocenters. The Labute approximate surface area is 108 Å². The van der Waals surface area contributed by atoms with E-state index in [4.69, 9.17) is 19.9 Å². The molecule has 0 saturated carbocycles. The van der Waals surface area contributed by atoms with Gasteiger partial charge in [0.15, 0.2) is 0 Å². The normalized spacial score (nSPS) is 10.7. The minimum atomic E-state index is -0.898. The fraction of sp³-hybridized carbons (Fsp3) is 0.462. The van der Waals surface area contributed by atoms with Crippen molar-refractivity contribution < 1.29 is 19.0 Å². The number of rotatable bonds is 11. The summed E-state index contributed by atoms with van der Waals surface area (Å²) in [4.78, 5) is 11.0. The van der Waals surface area contributed by atoms with E-state index < -0.39 is 11.5 Å². The predicted molar refractivity (Wildman–Crippen MR) is 70.1 cm³/mol. The Balaban J connectivity index is 4.26. The van der Waals surface area contributed by atoms with Crippen molar-refractivity contribution >= 4 is 5.97 Å². The van der Waals surface area contributed by atoms with Crippen LogP contribution in [0.25, 0.3) is 0 Å². The number of hydrogen-bond acceptors (Lipinski definition) is 5. The summed E-state index contributed by atoms with van der Waals surface area (Å²) in [6.07, 6.45) is 4.30. The van der Waals surface area contributed by atoms with Crippen molar-refractivity contribution in [2.75, 3.05) is 33.0 Å². The zero-order valence-corrected chi connectivity index (χ0v) is 10.6. The van der Waals surface area contributed by atoms with Gasteiger partial charge in [0.25, 0.3) is 0 Å². The zero-order valence-electron chi connectivity index (χ0n) is 10.6. The summed E-state index contributed by atoms with van der Waals surface area (Å²) in [6, 6.07) is 0. The van der Waals surface area contributed by atoms with E-state index in [1.165, 1.54) is 0 Å². The fourth-order valence-corrected chi connectivity index (χ4v) is 1.09. The summed E-state index contributed by atoms with van der Waals surface area (Å²) in [5.74, 6) is -0.530. The maximum atomic E-state index is 11.0. The van der Waals surface area contributed by atoms with Gasteiger partial charge in [-0.3, -0.25) is 0 Å². The highest BCUT2D eigenvalue weighted by Crippen LogP contribution is 2.05. The first-order valence-corrected chi connectivity index (χ1v) is 5.53. The summed E-state index contributed by atoms with van der Waals surface area (Å²) >= 11 is 0. The molecule has 5 heteroatoms. The number of carbonyl (C=O) groups is 1. The molecule has 5 nitrogen and oxygen atoms in total. The van der Waals surface area contributed by atoms with Crippen LogP contribution in [-0.2, 0) is 19.0 Å². The lowest BCUT2D eigenvalue weighted by atomic mass is 10.1. The smallest absolute Gasteiger partial charge is 0.330 e. The van der Waals surface area contributed by atoms with Crippen LogP contribution in [0.3, 0.4) is 0 Å². The van der Waals surface area contributed by atoms with Gasteiger partial charge >= 0.3 is 5.97 Å². The number of ether oxygens (including phenoxy) is 3. The van der Waals surface area contributed by atoms with E-state index in [0.29, 0.717) is 13.2 Å². The molecule has 0 aromatic rings. The van der Waals surface area contributed by atoms with Crippen LogP contribution in [0.4, 0.5) is 0 Å². The summed E-state index contributed by atoms with van der Waals surface area (Å²) in [7, 11) is 0. The van der Waals surface area contributed by atoms with E-state index in [9.17, 15) is 4.79 Å². The Bertz CT molecular complexity index is 275. The van der Waals surface area contributed by atoms with Crippen LogP contribution in [0.2, 0.25) is 0 Å². The maximum Gasteiger partial charge on any atom is 0.330 e. The first-order chi connectivity index (χ1) is 8.58. The van der Waals surface area contributed by atoms with Gasteiger partial charge in [0, 0.05) is 6.08 Å². The van der Waals surface area contributed by atoms with Gasteiger partial charge in [-0.2, -0.15) is 0 Å². The standard InChI is InChI=1S/C13H21NO4/c1-4-7-16-9-13(14,10-17-8-5-2)11-18-12(15)6-3/h4-6H,1-3,7-11,14H2.